The zero-order valence-corrected chi connectivity index (χ0v) is 13.0. The van der Waals surface area contributed by atoms with Crippen LogP contribution >= 0.6 is 0 Å². The monoisotopic (exact) mass is 298 g/mol. The lowest BCUT2D eigenvalue weighted by atomic mass is 10.00. The summed E-state index contributed by atoms with van der Waals surface area (Å²) >= 11 is 0. The fourth-order valence-corrected chi connectivity index (χ4v) is 3.07. The van der Waals surface area contributed by atoms with Gasteiger partial charge in [-0.1, -0.05) is 37.3 Å². The molecule has 0 spiro atoms. The van der Waals surface area contributed by atoms with E-state index in [2.05, 4.69) is 4.98 Å². The maximum Gasteiger partial charge on any atom is 0.257 e. The van der Waals surface area contributed by atoms with Crippen molar-refractivity contribution < 1.29 is 5.11 Å². The number of nitrogens with zero attached hydrogens (tertiary/aromatic N) is 2. The zero-order valence-electron chi connectivity index (χ0n) is 13.0. The van der Waals surface area contributed by atoms with Gasteiger partial charge in [0.25, 0.3) is 5.56 Å². The highest BCUT2D eigenvalue weighted by Crippen LogP contribution is 2.21. The predicted octanol–water partition coefficient (Wildman–Crippen LogP) is 2.61. The van der Waals surface area contributed by atoms with Crippen molar-refractivity contribution in [2.45, 2.75) is 51.7 Å². The second kappa shape index (κ2) is 6.44. The topological polar surface area (TPSA) is 55.1 Å². The van der Waals surface area contributed by atoms with E-state index in [1.807, 2.05) is 37.3 Å². The predicted molar refractivity (Wildman–Crippen MR) is 85.9 cm³/mol. The SMILES string of the molecule is CCC(O)c1nc2n(c(=O)c1Cc1ccccc1)CCCC2. The molecule has 22 heavy (non-hydrogen) atoms. The Morgan fingerprint density at radius 2 is 2.05 bits per heavy atom. The van der Waals surface area contributed by atoms with Crippen molar-refractivity contribution in [1.29, 1.82) is 0 Å². The molecular formula is C18H22N2O2. The molecule has 3 rings (SSSR count). The average molecular weight is 298 g/mol. The molecule has 4 heteroatoms. The maximum atomic E-state index is 12.9. The van der Waals surface area contributed by atoms with Crippen molar-refractivity contribution in [3.63, 3.8) is 0 Å². The Kier molecular flexibility index (Phi) is 4.39. The second-order valence-corrected chi connectivity index (χ2v) is 5.89. The van der Waals surface area contributed by atoms with Crippen LogP contribution in [0.1, 0.15) is 54.9 Å². The van der Waals surface area contributed by atoms with E-state index >= 15 is 0 Å². The summed E-state index contributed by atoms with van der Waals surface area (Å²) in [5.41, 5.74) is 2.31. The van der Waals surface area contributed by atoms with Crippen LogP contribution in [-0.2, 0) is 19.4 Å². The number of aliphatic hydroxyl groups is 1. The molecule has 0 fully saturated rings. The third kappa shape index (κ3) is 2.83. The standard InChI is InChI=1S/C18H22N2O2/c1-2-15(21)17-14(12-13-8-4-3-5-9-13)18(22)20-11-7-6-10-16(20)19-17/h3-5,8-9,15,21H,2,6-7,10-12H2,1H3. The van der Waals surface area contributed by atoms with Crippen LogP contribution in [-0.4, -0.2) is 14.7 Å². The van der Waals surface area contributed by atoms with Crippen LogP contribution in [0.5, 0.6) is 0 Å². The number of fused-ring (bicyclic) bond motifs is 1. The number of aromatic nitrogens is 2. The van der Waals surface area contributed by atoms with Crippen LogP contribution in [0.15, 0.2) is 35.1 Å². The normalized spacial score (nSPS) is 15.4. The first-order chi connectivity index (χ1) is 10.7. The molecule has 4 nitrogen and oxygen atoms in total. The fraction of sp³-hybridized carbons (Fsp3) is 0.444. The summed E-state index contributed by atoms with van der Waals surface area (Å²) in [6.07, 6.45) is 3.34. The van der Waals surface area contributed by atoms with E-state index in [1.54, 1.807) is 4.57 Å². The van der Waals surface area contributed by atoms with Crippen molar-refractivity contribution >= 4 is 0 Å². The Bertz CT molecular complexity index is 707. The molecule has 0 saturated heterocycles. The molecule has 0 aliphatic carbocycles. The van der Waals surface area contributed by atoms with Gasteiger partial charge in [-0.05, 0) is 24.8 Å². The fourth-order valence-electron chi connectivity index (χ4n) is 3.07. The van der Waals surface area contributed by atoms with E-state index in [0.717, 1.165) is 37.2 Å². The largest absolute Gasteiger partial charge is 0.387 e. The Balaban J connectivity index is 2.11. The van der Waals surface area contributed by atoms with Gasteiger partial charge in [0.2, 0.25) is 0 Å². The summed E-state index contributed by atoms with van der Waals surface area (Å²) in [5.74, 6) is 0.829. The van der Waals surface area contributed by atoms with Crippen molar-refractivity contribution in [2.75, 3.05) is 0 Å². The highest BCUT2D eigenvalue weighted by atomic mass is 16.3. The molecule has 2 heterocycles. The van der Waals surface area contributed by atoms with Crippen LogP contribution in [0.4, 0.5) is 0 Å². The molecule has 1 aliphatic rings. The van der Waals surface area contributed by atoms with Crippen LogP contribution < -0.4 is 5.56 Å². The molecule has 0 amide bonds. The van der Waals surface area contributed by atoms with E-state index in [4.69, 9.17) is 0 Å². The molecule has 1 N–H and O–H groups in total. The van der Waals surface area contributed by atoms with Gasteiger partial charge in [-0.25, -0.2) is 4.98 Å². The Morgan fingerprint density at radius 3 is 2.77 bits per heavy atom. The van der Waals surface area contributed by atoms with Crippen LogP contribution in [0, 0.1) is 0 Å². The first-order valence-corrected chi connectivity index (χ1v) is 8.05. The number of hydrogen-bond donors (Lipinski definition) is 1. The van der Waals surface area contributed by atoms with Gasteiger partial charge in [-0.3, -0.25) is 9.36 Å². The van der Waals surface area contributed by atoms with Gasteiger partial charge in [0, 0.05) is 24.9 Å². The average Bonchev–Trinajstić information content (AvgIpc) is 2.57. The molecule has 0 radical (unpaired) electrons. The summed E-state index contributed by atoms with van der Waals surface area (Å²) in [7, 11) is 0. The van der Waals surface area contributed by atoms with Gasteiger partial charge in [0.1, 0.15) is 5.82 Å². The van der Waals surface area contributed by atoms with Crippen molar-refractivity contribution in [2.24, 2.45) is 0 Å². The number of aryl methyl sites for hydroxylation is 1. The minimum Gasteiger partial charge on any atom is -0.387 e. The number of aliphatic hydroxyl groups excluding tert-OH is 1. The van der Waals surface area contributed by atoms with Gasteiger partial charge in [-0.15, -0.1) is 0 Å². The molecule has 0 saturated carbocycles. The lowest BCUT2D eigenvalue weighted by Crippen LogP contribution is -2.33. The molecule has 116 valence electrons. The highest BCUT2D eigenvalue weighted by Gasteiger charge is 2.22. The molecular weight excluding hydrogens is 276 g/mol. The second-order valence-electron chi connectivity index (χ2n) is 5.89. The van der Waals surface area contributed by atoms with Gasteiger partial charge < -0.3 is 5.11 Å². The van der Waals surface area contributed by atoms with E-state index in [0.29, 0.717) is 24.1 Å². The molecule has 2 aromatic rings. The zero-order chi connectivity index (χ0) is 15.5. The van der Waals surface area contributed by atoms with Crippen LogP contribution in [0.25, 0.3) is 0 Å². The lowest BCUT2D eigenvalue weighted by Gasteiger charge is -2.22. The number of hydrogen-bond acceptors (Lipinski definition) is 3. The molecule has 1 aromatic carbocycles. The van der Waals surface area contributed by atoms with E-state index < -0.39 is 6.10 Å². The maximum absolute atomic E-state index is 12.9. The van der Waals surface area contributed by atoms with Gasteiger partial charge in [0.15, 0.2) is 0 Å². The molecule has 1 aliphatic heterocycles. The third-order valence-electron chi connectivity index (χ3n) is 4.33. The van der Waals surface area contributed by atoms with Gasteiger partial charge >= 0.3 is 0 Å². The van der Waals surface area contributed by atoms with Crippen LogP contribution in [0.3, 0.4) is 0 Å². The van der Waals surface area contributed by atoms with Gasteiger partial charge in [-0.2, -0.15) is 0 Å². The van der Waals surface area contributed by atoms with E-state index in [1.165, 1.54) is 0 Å². The summed E-state index contributed by atoms with van der Waals surface area (Å²) in [5, 5.41) is 10.3. The number of benzene rings is 1. The van der Waals surface area contributed by atoms with Crippen molar-refractivity contribution in [3.05, 3.63) is 63.3 Å². The van der Waals surface area contributed by atoms with Crippen LogP contribution in [0.2, 0.25) is 0 Å². The summed E-state index contributed by atoms with van der Waals surface area (Å²) in [6, 6.07) is 9.91. The van der Waals surface area contributed by atoms with Crippen molar-refractivity contribution in [3.8, 4) is 0 Å². The summed E-state index contributed by atoms with van der Waals surface area (Å²) in [4.78, 5) is 17.5. The van der Waals surface area contributed by atoms with E-state index in [9.17, 15) is 9.90 Å². The highest BCUT2D eigenvalue weighted by molar-refractivity contribution is 5.29. The van der Waals surface area contributed by atoms with Gasteiger partial charge in [0.05, 0.1) is 11.8 Å². The first kappa shape index (κ1) is 15.0. The summed E-state index contributed by atoms with van der Waals surface area (Å²) < 4.78 is 1.80. The first-order valence-electron chi connectivity index (χ1n) is 8.05. The van der Waals surface area contributed by atoms with E-state index in [-0.39, 0.29) is 5.56 Å². The van der Waals surface area contributed by atoms with Crippen molar-refractivity contribution in [1.82, 2.24) is 9.55 Å². The summed E-state index contributed by atoms with van der Waals surface area (Å²) in [6.45, 7) is 2.65. The molecule has 0 bridgehead atoms. The Morgan fingerprint density at radius 1 is 1.27 bits per heavy atom. The Labute approximate surface area is 130 Å². The minimum atomic E-state index is -0.667. The smallest absolute Gasteiger partial charge is 0.257 e. The molecule has 1 aromatic heterocycles. The number of rotatable bonds is 4. The molecule has 1 unspecified atom stereocenters. The lowest BCUT2D eigenvalue weighted by molar-refractivity contribution is 0.166. The third-order valence-corrected chi connectivity index (χ3v) is 4.33. The molecule has 1 atom stereocenters. The minimum absolute atomic E-state index is 0.0241. The quantitative estimate of drug-likeness (QED) is 0.944. The Hall–Kier alpha value is -1.94.